The Balaban J connectivity index is 2.38. The first-order valence-electron chi connectivity index (χ1n) is 4.74. The van der Waals surface area contributed by atoms with E-state index in [1.165, 1.54) is 0 Å². The van der Waals surface area contributed by atoms with Crippen molar-refractivity contribution < 1.29 is 13.2 Å². The number of aliphatic imine (C=N–C) groups is 1. The van der Waals surface area contributed by atoms with Crippen LogP contribution in [0.25, 0.3) is 0 Å². The molecule has 1 aromatic rings. The van der Waals surface area contributed by atoms with Gasteiger partial charge >= 0.3 is 0 Å². The average molecular weight is 260 g/mol. The lowest BCUT2D eigenvalue weighted by Gasteiger charge is -2.07. The maximum Gasteiger partial charge on any atom is 0.236 e. The van der Waals surface area contributed by atoms with Gasteiger partial charge in [0.1, 0.15) is 6.61 Å². The standard InChI is InChI=1S/C10H10ClNO3S/c11-16(13,14)7-8-3-1-2-4-9(8)10-12-5-6-15-10/h1-4H,5-7H2. The predicted octanol–water partition coefficient (Wildman–Crippen LogP) is 1.53. The molecule has 0 spiro atoms. The summed E-state index contributed by atoms with van der Waals surface area (Å²) in [4.78, 5) is 4.15. The topological polar surface area (TPSA) is 55.7 Å². The molecule has 0 radical (unpaired) electrons. The summed E-state index contributed by atoms with van der Waals surface area (Å²) in [6, 6.07) is 7.06. The largest absolute Gasteiger partial charge is 0.476 e. The van der Waals surface area contributed by atoms with Crippen LogP contribution in [0.4, 0.5) is 0 Å². The third-order valence-electron chi connectivity index (χ3n) is 2.16. The Morgan fingerprint density at radius 3 is 2.75 bits per heavy atom. The molecular formula is C10H10ClNO3S. The molecule has 0 aliphatic carbocycles. The lowest BCUT2D eigenvalue weighted by molar-refractivity contribution is 0.348. The van der Waals surface area contributed by atoms with Gasteiger partial charge in [-0.25, -0.2) is 13.4 Å². The van der Waals surface area contributed by atoms with Gasteiger partial charge in [-0.15, -0.1) is 0 Å². The van der Waals surface area contributed by atoms with Crippen LogP contribution in [-0.4, -0.2) is 27.5 Å². The van der Waals surface area contributed by atoms with Crippen molar-refractivity contribution in [1.82, 2.24) is 0 Å². The Kier molecular flexibility index (Phi) is 3.16. The molecule has 4 nitrogen and oxygen atoms in total. The second-order valence-electron chi connectivity index (χ2n) is 3.38. The summed E-state index contributed by atoms with van der Waals surface area (Å²) in [6.45, 7) is 1.15. The van der Waals surface area contributed by atoms with E-state index in [1.807, 2.05) is 6.07 Å². The molecule has 1 aromatic carbocycles. The molecule has 0 atom stereocenters. The van der Waals surface area contributed by atoms with E-state index in [1.54, 1.807) is 18.2 Å². The fourth-order valence-corrected chi connectivity index (χ4v) is 2.51. The summed E-state index contributed by atoms with van der Waals surface area (Å²) in [5.74, 6) is 0.281. The fourth-order valence-electron chi connectivity index (χ4n) is 1.54. The van der Waals surface area contributed by atoms with E-state index in [-0.39, 0.29) is 5.75 Å². The molecule has 0 saturated heterocycles. The summed E-state index contributed by atoms with van der Waals surface area (Å²) in [5, 5.41) is 0. The highest BCUT2D eigenvalue weighted by molar-refractivity contribution is 8.13. The molecule has 2 rings (SSSR count). The number of rotatable bonds is 3. The van der Waals surface area contributed by atoms with Gasteiger partial charge in [-0.1, -0.05) is 18.2 Å². The SMILES string of the molecule is O=S(=O)(Cl)Cc1ccccc1C1=NCCO1. The lowest BCUT2D eigenvalue weighted by Crippen LogP contribution is -2.07. The quantitative estimate of drug-likeness (QED) is 0.774. The van der Waals surface area contributed by atoms with Gasteiger partial charge < -0.3 is 4.74 Å². The first kappa shape index (κ1) is 11.4. The van der Waals surface area contributed by atoms with Gasteiger partial charge in [0.15, 0.2) is 0 Å². The zero-order valence-electron chi connectivity index (χ0n) is 8.39. The van der Waals surface area contributed by atoms with E-state index >= 15 is 0 Å². The van der Waals surface area contributed by atoms with Crippen molar-refractivity contribution in [2.24, 2.45) is 4.99 Å². The van der Waals surface area contributed by atoms with Crippen molar-refractivity contribution in [3.05, 3.63) is 35.4 Å². The number of hydrogen-bond donors (Lipinski definition) is 0. The maximum absolute atomic E-state index is 11.1. The van der Waals surface area contributed by atoms with Crippen molar-refractivity contribution in [3.63, 3.8) is 0 Å². The number of hydrogen-bond acceptors (Lipinski definition) is 4. The third kappa shape index (κ3) is 2.74. The predicted molar refractivity (Wildman–Crippen MR) is 62.3 cm³/mol. The minimum atomic E-state index is -3.57. The highest BCUT2D eigenvalue weighted by Gasteiger charge is 2.17. The van der Waals surface area contributed by atoms with Crippen molar-refractivity contribution in [2.75, 3.05) is 13.2 Å². The minimum Gasteiger partial charge on any atom is -0.476 e. The van der Waals surface area contributed by atoms with Crippen molar-refractivity contribution in [1.29, 1.82) is 0 Å². The van der Waals surface area contributed by atoms with Crippen molar-refractivity contribution in [3.8, 4) is 0 Å². The molecule has 0 bridgehead atoms. The monoisotopic (exact) mass is 259 g/mol. The van der Waals surface area contributed by atoms with Crippen LogP contribution in [0.5, 0.6) is 0 Å². The summed E-state index contributed by atoms with van der Waals surface area (Å²) in [5.41, 5.74) is 1.31. The average Bonchev–Trinajstić information content (AvgIpc) is 2.69. The van der Waals surface area contributed by atoms with Gasteiger partial charge in [-0.2, -0.15) is 0 Å². The van der Waals surface area contributed by atoms with Gasteiger partial charge in [0, 0.05) is 16.2 Å². The van der Waals surface area contributed by atoms with Crippen molar-refractivity contribution in [2.45, 2.75) is 5.75 Å². The van der Waals surface area contributed by atoms with E-state index < -0.39 is 9.05 Å². The fraction of sp³-hybridized carbons (Fsp3) is 0.300. The van der Waals surface area contributed by atoms with Crippen LogP contribution in [0.2, 0.25) is 0 Å². The molecule has 0 aromatic heterocycles. The highest BCUT2D eigenvalue weighted by atomic mass is 35.7. The zero-order chi connectivity index (χ0) is 11.6. The van der Waals surface area contributed by atoms with E-state index in [0.717, 1.165) is 0 Å². The molecule has 16 heavy (non-hydrogen) atoms. The van der Waals surface area contributed by atoms with Crippen molar-refractivity contribution >= 4 is 25.6 Å². The molecule has 1 aliphatic rings. The van der Waals surface area contributed by atoms with Gasteiger partial charge in [0.2, 0.25) is 14.9 Å². The summed E-state index contributed by atoms with van der Waals surface area (Å²) in [6.07, 6.45) is 0. The Morgan fingerprint density at radius 2 is 2.12 bits per heavy atom. The minimum absolute atomic E-state index is 0.215. The van der Waals surface area contributed by atoms with E-state index in [0.29, 0.717) is 30.2 Å². The van der Waals surface area contributed by atoms with Crippen LogP contribution in [0.3, 0.4) is 0 Å². The molecule has 86 valence electrons. The number of nitrogens with zero attached hydrogens (tertiary/aromatic N) is 1. The second kappa shape index (κ2) is 4.43. The van der Waals surface area contributed by atoms with Crippen LogP contribution in [-0.2, 0) is 19.5 Å². The molecule has 1 heterocycles. The summed E-state index contributed by atoms with van der Waals surface area (Å²) in [7, 11) is 1.67. The summed E-state index contributed by atoms with van der Waals surface area (Å²) < 4.78 is 27.4. The van der Waals surface area contributed by atoms with E-state index in [9.17, 15) is 8.42 Å². The Bertz CT molecular complexity index is 525. The highest BCUT2D eigenvalue weighted by Crippen LogP contribution is 2.17. The first-order valence-corrected chi connectivity index (χ1v) is 7.22. The van der Waals surface area contributed by atoms with Crippen LogP contribution in [0, 0.1) is 0 Å². The van der Waals surface area contributed by atoms with Crippen LogP contribution >= 0.6 is 10.7 Å². The van der Waals surface area contributed by atoms with Crippen LogP contribution in [0.1, 0.15) is 11.1 Å². The van der Waals surface area contributed by atoms with Gasteiger partial charge in [-0.05, 0) is 11.6 Å². The Labute approximate surface area is 98.3 Å². The smallest absolute Gasteiger partial charge is 0.236 e. The number of halogens is 1. The van der Waals surface area contributed by atoms with Crippen LogP contribution < -0.4 is 0 Å². The molecule has 0 saturated carbocycles. The maximum atomic E-state index is 11.1. The molecule has 0 fully saturated rings. The molecule has 1 aliphatic heterocycles. The molecular weight excluding hydrogens is 250 g/mol. The molecule has 0 unspecified atom stereocenters. The third-order valence-corrected chi connectivity index (χ3v) is 3.14. The molecule has 0 N–H and O–H groups in total. The first-order chi connectivity index (χ1) is 7.56. The second-order valence-corrected chi connectivity index (χ2v) is 6.15. The molecule has 6 heteroatoms. The number of ether oxygens (including phenoxy) is 1. The van der Waals surface area contributed by atoms with E-state index in [2.05, 4.69) is 4.99 Å². The number of benzene rings is 1. The normalized spacial score (nSPS) is 15.7. The van der Waals surface area contributed by atoms with Crippen LogP contribution in [0.15, 0.2) is 29.3 Å². The van der Waals surface area contributed by atoms with E-state index in [4.69, 9.17) is 15.4 Å². The van der Waals surface area contributed by atoms with Gasteiger partial charge in [0.05, 0.1) is 12.3 Å². The zero-order valence-corrected chi connectivity index (χ0v) is 9.96. The lowest BCUT2D eigenvalue weighted by atomic mass is 10.1. The molecule has 0 amide bonds. The van der Waals surface area contributed by atoms with Gasteiger partial charge in [0.25, 0.3) is 0 Å². The Morgan fingerprint density at radius 1 is 1.38 bits per heavy atom. The Hall–Kier alpha value is -1.07. The summed E-state index contributed by atoms with van der Waals surface area (Å²) >= 11 is 0. The van der Waals surface area contributed by atoms with Gasteiger partial charge in [-0.3, -0.25) is 0 Å².